The highest BCUT2D eigenvalue weighted by Gasteiger charge is 2.42. The molecule has 0 saturated heterocycles. The van der Waals surface area contributed by atoms with E-state index in [0.29, 0.717) is 52.2 Å². The fraction of sp³-hybridized carbons (Fsp3) is 0.267. The molecule has 1 aliphatic rings. The predicted molar refractivity (Wildman–Crippen MR) is 147 cm³/mol. The van der Waals surface area contributed by atoms with Gasteiger partial charge in [0.15, 0.2) is 11.5 Å². The lowest BCUT2D eigenvalue weighted by atomic mass is 9.95. The van der Waals surface area contributed by atoms with Crippen LogP contribution < -0.4 is 9.47 Å². The average Bonchev–Trinajstić information content (AvgIpc) is 3.46. The maximum atomic E-state index is 13.8. The number of nitrogens with one attached hydrogen (secondary N) is 1. The molecule has 1 aromatic heterocycles. The summed E-state index contributed by atoms with van der Waals surface area (Å²) >= 11 is 6.27. The van der Waals surface area contributed by atoms with Crippen molar-refractivity contribution in [1.29, 1.82) is 0 Å². The van der Waals surface area contributed by atoms with Crippen LogP contribution in [0.3, 0.4) is 0 Å². The Labute approximate surface area is 227 Å². The Hall–Kier alpha value is -3.97. The average molecular weight is 532 g/mol. The monoisotopic (exact) mass is 531 g/mol. The summed E-state index contributed by atoms with van der Waals surface area (Å²) in [7, 11) is 1.61. The summed E-state index contributed by atoms with van der Waals surface area (Å²) in [6.07, 6.45) is 1.97. The molecule has 196 valence electrons. The Morgan fingerprint density at radius 3 is 2.61 bits per heavy atom. The number of nitrogens with zero attached hydrogens (tertiary/aromatic N) is 2. The van der Waals surface area contributed by atoms with Crippen molar-refractivity contribution in [3.63, 3.8) is 0 Å². The molecule has 1 aliphatic heterocycles. The lowest BCUT2D eigenvalue weighted by Gasteiger charge is -2.27. The Bertz CT molecular complexity index is 1470. The Balaban J connectivity index is 1.63. The van der Waals surface area contributed by atoms with E-state index >= 15 is 0 Å². The van der Waals surface area contributed by atoms with Gasteiger partial charge < -0.3 is 19.5 Å². The van der Waals surface area contributed by atoms with Gasteiger partial charge in [0.25, 0.3) is 5.91 Å². The predicted octanol–water partition coefficient (Wildman–Crippen LogP) is 6.68. The molecule has 2 N–H and O–H groups in total. The zero-order valence-corrected chi connectivity index (χ0v) is 22.4. The van der Waals surface area contributed by atoms with Crippen molar-refractivity contribution in [2.45, 2.75) is 39.3 Å². The number of amides is 1. The van der Waals surface area contributed by atoms with E-state index in [1.54, 1.807) is 19.2 Å². The van der Waals surface area contributed by atoms with Crippen molar-refractivity contribution in [2.24, 2.45) is 0 Å². The summed E-state index contributed by atoms with van der Waals surface area (Å²) in [5.41, 5.74) is 5.00. The molecule has 7 nitrogen and oxygen atoms in total. The number of aryl methyl sites for hydroxylation is 1. The van der Waals surface area contributed by atoms with Crippen molar-refractivity contribution in [1.82, 2.24) is 15.1 Å². The molecule has 1 unspecified atom stereocenters. The number of H-pyrrole nitrogens is 1. The Kier molecular flexibility index (Phi) is 7.29. The summed E-state index contributed by atoms with van der Waals surface area (Å²) < 4.78 is 11.6. The maximum Gasteiger partial charge on any atom is 0.273 e. The highest BCUT2D eigenvalue weighted by Crippen LogP contribution is 2.46. The lowest BCUT2D eigenvalue weighted by Crippen LogP contribution is -2.29. The fourth-order valence-electron chi connectivity index (χ4n) is 4.80. The summed E-state index contributed by atoms with van der Waals surface area (Å²) in [5.74, 6) is 1.10. The molecule has 0 spiro atoms. The number of hydrogen-bond acceptors (Lipinski definition) is 5. The van der Waals surface area contributed by atoms with Gasteiger partial charge in [-0.1, -0.05) is 60.8 Å². The first-order valence-corrected chi connectivity index (χ1v) is 13.0. The fourth-order valence-corrected chi connectivity index (χ4v) is 4.97. The number of benzene rings is 3. The number of aromatic amines is 1. The van der Waals surface area contributed by atoms with E-state index in [4.69, 9.17) is 21.1 Å². The molecule has 8 heteroatoms. The van der Waals surface area contributed by atoms with Crippen molar-refractivity contribution < 1.29 is 19.4 Å². The highest BCUT2D eigenvalue weighted by atomic mass is 35.5. The van der Waals surface area contributed by atoms with Gasteiger partial charge in [0.2, 0.25) is 0 Å². The minimum absolute atomic E-state index is 0.0316. The molecule has 2 heterocycles. The summed E-state index contributed by atoms with van der Waals surface area (Å²) in [6, 6.07) is 18.2. The molecule has 0 aliphatic carbocycles. The van der Waals surface area contributed by atoms with Gasteiger partial charge in [-0.25, -0.2) is 0 Å². The molecule has 0 radical (unpaired) electrons. The second kappa shape index (κ2) is 10.8. The van der Waals surface area contributed by atoms with Gasteiger partial charge in [-0.05, 0) is 54.8 Å². The van der Waals surface area contributed by atoms with Crippen LogP contribution in [0.15, 0.2) is 60.7 Å². The number of fused-ring (bicyclic) bond motifs is 1. The van der Waals surface area contributed by atoms with Gasteiger partial charge in [-0.15, -0.1) is 0 Å². The van der Waals surface area contributed by atoms with Crippen LogP contribution in [0.1, 0.15) is 58.5 Å². The van der Waals surface area contributed by atoms with Gasteiger partial charge in [-0.3, -0.25) is 9.89 Å². The van der Waals surface area contributed by atoms with Crippen molar-refractivity contribution in [3.05, 3.63) is 93.6 Å². The van der Waals surface area contributed by atoms with Crippen molar-refractivity contribution in [3.8, 4) is 28.5 Å². The zero-order valence-electron chi connectivity index (χ0n) is 21.6. The SMILES string of the molecule is CCCCOc1ccc(C2c3c(-c4cc(Cl)ccc4O)n[nH]c3C(=O)N2Cc2ccc(C)cc2)cc1OC. The van der Waals surface area contributed by atoms with Gasteiger partial charge >= 0.3 is 0 Å². The Morgan fingerprint density at radius 1 is 1.08 bits per heavy atom. The van der Waals surface area contributed by atoms with E-state index in [-0.39, 0.29) is 11.7 Å². The molecule has 1 amide bonds. The van der Waals surface area contributed by atoms with E-state index in [1.807, 2.05) is 54.3 Å². The molecule has 5 rings (SSSR count). The Morgan fingerprint density at radius 2 is 1.87 bits per heavy atom. The minimum Gasteiger partial charge on any atom is -0.507 e. The van der Waals surface area contributed by atoms with E-state index < -0.39 is 6.04 Å². The van der Waals surface area contributed by atoms with Crippen LogP contribution in [0.25, 0.3) is 11.3 Å². The number of hydrogen-bond donors (Lipinski definition) is 2. The molecule has 0 bridgehead atoms. The third kappa shape index (κ3) is 4.82. The number of halogens is 1. The van der Waals surface area contributed by atoms with E-state index in [2.05, 4.69) is 17.1 Å². The van der Waals surface area contributed by atoms with Gasteiger partial charge in [0.1, 0.15) is 17.1 Å². The number of ether oxygens (including phenoxy) is 2. The molecular formula is C30H30ClN3O4. The van der Waals surface area contributed by atoms with Crippen LogP contribution in [0, 0.1) is 6.92 Å². The molecule has 38 heavy (non-hydrogen) atoms. The van der Waals surface area contributed by atoms with E-state index in [9.17, 15) is 9.90 Å². The number of phenolic OH excluding ortho intramolecular Hbond substituents is 1. The number of aromatic hydroxyl groups is 1. The summed E-state index contributed by atoms with van der Waals surface area (Å²) in [5, 5.41) is 18.5. The van der Waals surface area contributed by atoms with Crippen LogP contribution in [-0.4, -0.2) is 39.8 Å². The number of methoxy groups -OCH3 is 1. The number of aromatic nitrogens is 2. The van der Waals surface area contributed by atoms with Gasteiger partial charge in [0, 0.05) is 22.7 Å². The largest absolute Gasteiger partial charge is 0.507 e. The van der Waals surface area contributed by atoms with Crippen LogP contribution in [0.5, 0.6) is 17.2 Å². The second-order valence-corrected chi connectivity index (χ2v) is 9.89. The molecule has 1 atom stereocenters. The molecular weight excluding hydrogens is 502 g/mol. The van der Waals surface area contributed by atoms with E-state index in [0.717, 1.165) is 29.5 Å². The number of phenols is 1. The first-order chi connectivity index (χ1) is 18.4. The van der Waals surface area contributed by atoms with Gasteiger partial charge in [0.05, 0.1) is 19.8 Å². The van der Waals surface area contributed by atoms with Crippen LogP contribution >= 0.6 is 11.6 Å². The molecule has 3 aromatic carbocycles. The maximum absolute atomic E-state index is 13.8. The van der Waals surface area contributed by atoms with Gasteiger partial charge in [-0.2, -0.15) is 5.10 Å². The van der Waals surface area contributed by atoms with Crippen LogP contribution in [0.4, 0.5) is 0 Å². The zero-order chi connectivity index (χ0) is 26.8. The number of carbonyl (C=O) groups is 1. The minimum atomic E-state index is -0.482. The smallest absolute Gasteiger partial charge is 0.273 e. The third-order valence-electron chi connectivity index (χ3n) is 6.81. The molecule has 0 saturated carbocycles. The summed E-state index contributed by atoms with van der Waals surface area (Å²) in [6.45, 7) is 5.13. The van der Waals surface area contributed by atoms with Crippen LogP contribution in [-0.2, 0) is 6.54 Å². The van der Waals surface area contributed by atoms with E-state index in [1.165, 1.54) is 6.07 Å². The molecule has 4 aromatic rings. The second-order valence-electron chi connectivity index (χ2n) is 9.46. The standard InChI is InChI=1S/C30H30ClN3O4/c1-4-5-14-38-24-13-10-20(15-25(24)37-3)29-26-27(22-16-21(31)11-12-23(22)35)32-33-28(26)30(36)34(29)17-19-8-6-18(2)7-9-19/h6-13,15-16,29,35H,4-5,14,17H2,1-3H3,(H,32,33). The first kappa shape index (κ1) is 25.7. The summed E-state index contributed by atoms with van der Waals surface area (Å²) in [4.78, 5) is 15.6. The lowest BCUT2D eigenvalue weighted by molar-refractivity contribution is 0.0730. The van der Waals surface area contributed by atoms with Crippen molar-refractivity contribution in [2.75, 3.05) is 13.7 Å². The normalized spacial score (nSPS) is 14.6. The topological polar surface area (TPSA) is 87.7 Å². The number of carbonyl (C=O) groups excluding carboxylic acids is 1. The quantitative estimate of drug-likeness (QED) is 0.235. The number of rotatable bonds is 9. The highest BCUT2D eigenvalue weighted by molar-refractivity contribution is 6.31. The van der Waals surface area contributed by atoms with Crippen LogP contribution in [0.2, 0.25) is 5.02 Å². The molecule has 0 fully saturated rings. The third-order valence-corrected chi connectivity index (χ3v) is 7.05. The first-order valence-electron chi connectivity index (χ1n) is 12.7. The number of unbranched alkanes of at least 4 members (excludes halogenated alkanes) is 1. The van der Waals surface area contributed by atoms with Crippen molar-refractivity contribution >= 4 is 17.5 Å².